The van der Waals surface area contributed by atoms with E-state index in [0.717, 1.165) is 12.1 Å². The van der Waals surface area contributed by atoms with E-state index in [9.17, 15) is 8.42 Å². The maximum atomic E-state index is 12.2. The number of benzene rings is 1. The summed E-state index contributed by atoms with van der Waals surface area (Å²) < 4.78 is 26.7. The van der Waals surface area contributed by atoms with Crippen molar-refractivity contribution in [3.8, 4) is 0 Å². The zero-order chi connectivity index (χ0) is 14.0. The Hall–Kier alpha value is -1.73. The first-order valence-corrected chi connectivity index (χ1v) is 7.40. The van der Waals surface area contributed by atoms with Gasteiger partial charge in [-0.05, 0) is 24.6 Å². The molecular formula is C11H13ClN4O2S. The summed E-state index contributed by atoms with van der Waals surface area (Å²) in [6, 6.07) is 5.89. The molecule has 0 aliphatic rings. The van der Waals surface area contributed by atoms with Gasteiger partial charge in [0.2, 0.25) is 0 Å². The summed E-state index contributed by atoms with van der Waals surface area (Å²) in [4.78, 5) is -0.0685. The van der Waals surface area contributed by atoms with Crippen LogP contribution >= 0.6 is 11.6 Å². The summed E-state index contributed by atoms with van der Waals surface area (Å²) in [5, 5.41) is 6.88. The Bertz CT molecular complexity index is 696. The number of nitrogens with two attached hydrogens (primary N) is 1. The largest absolute Gasteiger partial charge is 0.398 e. The van der Waals surface area contributed by atoms with Gasteiger partial charge in [-0.3, -0.25) is 9.82 Å². The van der Waals surface area contributed by atoms with Crippen molar-refractivity contribution in [2.45, 2.75) is 18.2 Å². The molecule has 102 valence electrons. The molecule has 1 heterocycles. The van der Waals surface area contributed by atoms with Crippen molar-refractivity contribution in [1.29, 1.82) is 0 Å². The fourth-order valence-electron chi connectivity index (χ4n) is 1.53. The van der Waals surface area contributed by atoms with Gasteiger partial charge in [0.05, 0.1) is 5.69 Å². The van der Waals surface area contributed by atoms with E-state index in [1.807, 2.05) is 6.92 Å². The number of hydrogen-bond donors (Lipinski definition) is 3. The lowest BCUT2D eigenvalue weighted by molar-refractivity contribution is 0.601. The SMILES string of the molecule is CCc1cc(NS(=O)(=O)c2cc(Cl)ccc2N)n[nH]1. The molecule has 0 saturated carbocycles. The zero-order valence-corrected chi connectivity index (χ0v) is 11.7. The lowest BCUT2D eigenvalue weighted by Gasteiger charge is -2.08. The Kier molecular flexibility index (Phi) is 3.68. The topological polar surface area (TPSA) is 101 Å². The van der Waals surface area contributed by atoms with Gasteiger partial charge < -0.3 is 5.73 Å². The fraction of sp³-hybridized carbons (Fsp3) is 0.182. The van der Waals surface area contributed by atoms with Gasteiger partial charge in [0, 0.05) is 16.8 Å². The van der Waals surface area contributed by atoms with E-state index < -0.39 is 10.0 Å². The van der Waals surface area contributed by atoms with Crippen LogP contribution in [0, 0.1) is 0 Å². The Morgan fingerprint density at radius 3 is 2.79 bits per heavy atom. The molecule has 4 N–H and O–H groups in total. The van der Waals surface area contributed by atoms with Crippen molar-refractivity contribution in [3.63, 3.8) is 0 Å². The lowest BCUT2D eigenvalue weighted by Crippen LogP contribution is -2.15. The molecular weight excluding hydrogens is 288 g/mol. The average molecular weight is 301 g/mol. The molecule has 0 bridgehead atoms. The minimum Gasteiger partial charge on any atom is -0.398 e. The molecule has 0 amide bonds. The second-order valence-corrected chi connectivity index (χ2v) is 6.01. The van der Waals surface area contributed by atoms with Crippen LogP contribution in [0.25, 0.3) is 0 Å². The number of H-pyrrole nitrogens is 1. The summed E-state index contributed by atoms with van der Waals surface area (Å²) >= 11 is 5.78. The Labute approximate surface area is 116 Å². The number of nitrogens with zero attached hydrogens (tertiary/aromatic N) is 1. The van der Waals surface area contributed by atoms with Crippen LogP contribution in [-0.4, -0.2) is 18.6 Å². The van der Waals surface area contributed by atoms with Crippen molar-refractivity contribution in [1.82, 2.24) is 10.2 Å². The van der Waals surface area contributed by atoms with Crippen molar-refractivity contribution in [2.75, 3.05) is 10.5 Å². The van der Waals surface area contributed by atoms with E-state index in [4.69, 9.17) is 17.3 Å². The summed E-state index contributed by atoms with van der Waals surface area (Å²) in [6.07, 6.45) is 0.730. The number of rotatable bonds is 4. The van der Waals surface area contributed by atoms with Crippen molar-refractivity contribution < 1.29 is 8.42 Å². The minimum atomic E-state index is -3.80. The van der Waals surface area contributed by atoms with E-state index in [0.29, 0.717) is 5.02 Å². The molecule has 6 nitrogen and oxygen atoms in total. The molecule has 0 unspecified atom stereocenters. The van der Waals surface area contributed by atoms with Gasteiger partial charge in [-0.25, -0.2) is 8.42 Å². The van der Waals surface area contributed by atoms with Gasteiger partial charge in [-0.2, -0.15) is 5.10 Å². The number of nitrogen functional groups attached to an aromatic ring is 1. The molecule has 0 radical (unpaired) electrons. The third-order valence-corrected chi connectivity index (χ3v) is 4.16. The number of aromatic nitrogens is 2. The van der Waals surface area contributed by atoms with Crippen LogP contribution in [-0.2, 0) is 16.4 Å². The van der Waals surface area contributed by atoms with Gasteiger partial charge >= 0.3 is 0 Å². The Morgan fingerprint density at radius 2 is 2.16 bits per heavy atom. The zero-order valence-electron chi connectivity index (χ0n) is 10.1. The second-order valence-electron chi connectivity index (χ2n) is 3.92. The lowest BCUT2D eigenvalue weighted by atomic mass is 10.3. The van der Waals surface area contributed by atoms with Gasteiger partial charge in [-0.1, -0.05) is 18.5 Å². The Balaban J connectivity index is 2.34. The van der Waals surface area contributed by atoms with Gasteiger partial charge in [-0.15, -0.1) is 0 Å². The predicted molar refractivity (Wildman–Crippen MR) is 74.6 cm³/mol. The minimum absolute atomic E-state index is 0.0685. The number of aryl methyl sites for hydroxylation is 1. The van der Waals surface area contributed by atoms with Crippen LogP contribution in [0.4, 0.5) is 11.5 Å². The summed E-state index contributed by atoms with van der Waals surface area (Å²) in [7, 11) is -3.80. The molecule has 0 aliphatic heterocycles. The van der Waals surface area contributed by atoms with Crippen LogP contribution in [0.5, 0.6) is 0 Å². The van der Waals surface area contributed by atoms with Crippen LogP contribution in [0.3, 0.4) is 0 Å². The molecule has 19 heavy (non-hydrogen) atoms. The average Bonchev–Trinajstić information content (AvgIpc) is 2.79. The highest BCUT2D eigenvalue weighted by atomic mass is 35.5. The first kappa shape index (κ1) is 13.7. The van der Waals surface area contributed by atoms with E-state index in [1.165, 1.54) is 18.2 Å². The summed E-state index contributed by atoms with van der Waals surface area (Å²) in [5.41, 5.74) is 6.61. The third kappa shape index (κ3) is 2.99. The maximum absolute atomic E-state index is 12.2. The molecule has 0 spiro atoms. The second kappa shape index (κ2) is 5.10. The maximum Gasteiger partial charge on any atom is 0.265 e. The van der Waals surface area contributed by atoms with E-state index in [1.54, 1.807) is 6.07 Å². The molecule has 1 aromatic heterocycles. The molecule has 2 rings (SSSR count). The van der Waals surface area contributed by atoms with E-state index in [-0.39, 0.29) is 16.4 Å². The highest BCUT2D eigenvalue weighted by molar-refractivity contribution is 7.92. The van der Waals surface area contributed by atoms with Crippen LogP contribution in [0.2, 0.25) is 5.02 Å². The van der Waals surface area contributed by atoms with Crippen LogP contribution < -0.4 is 10.5 Å². The van der Waals surface area contributed by atoms with E-state index >= 15 is 0 Å². The summed E-state index contributed by atoms with van der Waals surface area (Å²) in [5.74, 6) is 0.219. The molecule has 8 heteroatoms. The smallest absolute Gasteiger partial charge is 0.265 e. The van der Waals surface area contributed by atoms with Gasteiger partial charge in [0.1, 0.15) is 4.90 Å². The van der Waals surface area contributed by atoms with Crippen molar-refractivity contribution in [2.24, 2.45) is 0 Å². The van der Waals surface area contributed by atoms with E-state index in [2.05, 4.69) is 14.9 Å². The standard InChI is InChI=1S/C11H13ClN4O2S/c1-2-8-6-11(15-14-8)16-19(17,18)10-5-7(12)3-4-9(10)13/h3-6H,2,13H2,1H3,(H2,14,15,16). The highest BCUT2D eigenvalue weighted by Gasteiger charge is 2.19. The van der Waals surface area contributed by atoms with Crippen LogP contribution in [0.1, 0.15) is 12.6 Å². The Morgan fingerprint density at radius 1 is 1.42 bits per heavy atom. The molecule has 0 saturated heterocycles. The van der Waals surface area contributed by atoms with Crippen LogP contribution in [0.15, 0.2) is 29.2 Å². The fourth-order valence-corrected chi connectivity index (χ4v) is 2.92. The normalized spacial score (nSPS) is 11.5. The third-order valence-electron chi connectivity index (χ3n) is 2.52. The number of aromatic amines is 1. The highest BCUT2D eigenvalue weighted by Crippen LogP contribution is 2.24. The molecule has 1 aromatic carbocycles. The summed E-state index contributed by atoms with van der Waals surface area (Å²) in [6.45, 7) is 1.93. The van der Waals surface area contributed by atoms with Crippen molar-refractivity contribution in [3.05, 3.63) is 35.0 Å². The molecule has 2 aromatic rings. The quantitative estimate of drug-likeness (QED) is 0.752. The van der Waals surface area contributed by atoms with Crippen molar-refractivity contribution >= 4 is 33.1 Å². The number of sulfonamides is 1. The number of halogens is 1. The van der Waals surface area contributed by atoms with Gasteiger partial charge in [0.15, 0.2) is 5.82 Å². The number of nitrogens with one attached hydrogen (secondary N) is 2. The number of anilines is 2. The molecule has 0 atom stereocenters. The first-order valence-electron chi connectivity index (χ1n) is 5.54. The predicted octanol–water partition coefficient (Wildman–Crippen LogP) is 2.01. The first-order chi connectivity index (χ1) is 8.92. The van der Waals surface area contributed by atoms with Gasteiger partial charge in [0.25, 0.3) is 10.0 Å². The molecule has 0 fully saturated rings. The number of hydrogen-bond acceptors (Lipinski definition) is 4. The molecule has 0 aliphatic carbocycles. The monoisotopic (exact) mass is 300 g/mol.